The Bertz CT molecular complexity index is 1340. The monoisotopic (exact) mass is 415 g/mol. The van der Waals surface area contributed by atoms with Gasteiger partial charge in [0.05, 0.1) is 29.9 Å². The van der Waals surface area contributed by atoms with Crippen molar-refractivity contribution >= 4 is 22.9 Å². The molecule has 1 atom stereocenters. The number of nitrogens with two attached hydrogens (primary N) is 1. The summed E-state index contributed by atoms with van der Waals surface area (Å²) in [4.78, 5) is 9.40. The van der Waals surface area contributed by atoms with Gasteiger partial charge in [-0.1, -0.05) is 12.1 Å². The average Bonchev–Trinajstić information content (AvgIpc) is 3.24. The lowest BCUT2D eigenvalue weighted by molar-refractivity contribution is 0.297. The highest BCUT2D eigenvalue weighted by Crippen LogP contribution is 2.39. The van der Waals surface area contributed by atoms with Crippen LogP contribution in [0.3, 0.4) is 0 Å². The van der Waals surface area contributed by atoms with E-state index < -0.39 is 6.17 Å². The molecule has 4 heterocycles. The Balaban J connectivity index is 1.52. The summed E-state index contributed by atoms with van der Waals surface area (Å²) in [6.45, 7) is 1.28. The minimum Gasteiger partial charge on any atom is -0.490 e. The van der Waals surface area contributed by atoms with Crippen LogP contribution in [0.4, 0.5) is 5.95 Å². The highest BCUT2D eigenvalue weighted by atomic mass is 16.5. The van der Waals surface area contributed by atoms with Crippen molar-refractivity contribution in [2.45, 2.75) is 12.6 Å². The number of para-hydroxylation sites is 2. The molecule has 1 unspecified atom stereocenters. The fourth-order valence-electron chi connectivity index (χ4n) is 4.16. The van der Waals surface area contributed by atoms with E-state index in [0.29, 0.717) is 25.1 Å². The third-order valence-electron chi connectivity index (χ3n) is 5.50. The van der Waals surface area contributed by atoms with Crippen LogP contribution in [0.5, 0.6) is 11.5 Å². The van der Waals surface area contributed by atoms with E-state index in [1.54, 1.807) is 4.68 Å². The maximum Gasteiger partial charge on any atom is 0.212 e. The fourth-order valence-corrected chi connectivity index (χ4v) is 4.16. The van der Waals surface area contributed by atoms with Gasteiger partial charge in [-0.15, -0.1) is 0 Å². The van der Waals surface area contributed by atoms with Gasteiger partial charge in [-0.05, 0) is 30.3 Å². The van der Waals surface area contributed by atoms with Crippen molar-refractivity contribution < 1.29 is 9.47 Å². The van der Waals surface area contributed by atoms with E-state index in [1.165, 1.54) is 0 Å². The molecule has 3 N–H and O–H groups in total. The first-order chi connectivity index (χ1) is 15.2. The Morgan fingerprint density at radius 2 is 1.94 bits per heavy atom. The van der Waals surface area contributed by atoms with Crippen molar-refractivity contribution in [2.75, 3.05) is 18.5 Å². The fraction of sp³-hybridized carbons (Fsp3) is 0.227. The second-order valence-corrected chi connectivity index (χ2v) is 7.63. The maximum absolute atomic E-state index is 6.13. The number of aromatic nitrogens is 4. The predicted molar refractivity (Wildman–Crippen MR) is 117 cm³/mol. The Morgan fingerprint density at radius 1 is 1.10 bits per heavy atom. The summed E-state index contributed by atoms with van der Waals surface area (Å²) in [5.74, 6) is 2.47. The van der Waals surface area contributed by atoms with Crippen LogP contribution in [0.2, 0.25) is 0 Å². The number of nitrogens with zero attached hydrogens (tertiary/aromatic N) is 5. The second-order valence-electron chi connectivity index (χ2n) is 7.63. The van der Waals surface area contributed by atoms with E-state index in [-0.39, 0.29) is 0 Å². The normalized spacial score (nSPS) is 17.6. The second kappa shape index (κ2) is 6.76. The van der Waals surface area contributed by atoms with Gasteiger partial charge >= 0.3 is 0 Å². The summed E-state index contributed by atoms with van der Waals surface area (Å²) in [7, 11) is 1.90. The molecule has 2 aromatic heterocycles. The number of anilines is 1. The minimum atomic E-state index is -0.400. The molecule has 0 amide bonds. The van der Waals surface area contributed by atoms with Crippen molar-refractivity contribution in [3.8, 4) is 22.8 Å². The van der Waals surface area contributed by atoms with E-state index in [2.05, 4.69) is 14.9 Å². The van der Waals surface area contributed by atoms with Gasteiger partial charge in [0.15, 0.2) is 23.6 Å². The zero-order valence-electron chi connectivity index (χ0n) is 16.9. The molecule has 9 heteroatoms. The molecule has 156 valence electrons. The largest absolute Gasteiger partial charge is 0.490 e. The zero-order valence-corrected chi connectivity index (χ0v) is 16.9. The summed E-state index contributed by atoms with van der Waals surface area (Å²) in [6, 6.07) is 13.9. The van der Waals surface area contributed by atoms with Crippen molar-refractivity contribution in [1.82, 2.24) is 19.3 Å². The first-order valence-electron chi connectivity index (χ1n) is 10.2. The molecule has 2 aliphatic rings. The molecule has 0 bridgehead atoms. The van der Waals surface area contributed by atoms with E-state index in [4.69, 9.17) is 25.3 Å². The number of imidazole rings is 1. The van der Waals surface area contributed by atoms with Gasteiger partial charge in [0, 0.05) is 30.8 Å². The highest BCUT2D eigenvalue weighted by molar-refractivity contribution is 5.95. The summed E-state index contributed by atoms with van der Waals surface area (Å²) in [5.41, 5.74) is 10.6. The van der Waals surface area contributed by atoms with Crippen LogP contribution in [0.1, 0.15) is 18.2 Å². The standard InChI is InChI=1S/C22H21N7O2/c1-28-12-14(19(27-28)13-7-8-17-18(11-13)31-10-4-9-30-17)20-25-21(23)26-22-24-15-5-2-3-6-16(15)29(20)22/h2-3,5-8,11-12,20H,4,9-10H2,1H3,(H3,23,24,25,26). The van der Waals surface area contributed by atoms with Crippen LogP contribution in [0.15, 0.2) is 53.7 Å². The van der Waals surface area contributed by atoms with E-state index in [9.17, 15) is 0 Å². The lowest BCUT2D eigenvalue weighted by Crippen LogP contribution is -2.31. The van der Waals surface area contributed by atoms with Crippen LogP contribution in [0, 0.1) is 0 Å². The average molecular weight is 415 g/mol. The van der Waals surface area contributed by atoms with E-state index in [1.807, 2.05) is 55.7 Å². The van der Waals surface area contributed by atoms with Crippen molar-refractivity contribution in [3.63, 3.8) is 0 Å². The van der Waals surface area contributed by atoms with Crippen LogP contribution >= 0.6 is 0 Å². The molecule has 2 aliphatic heterocycles. The van der Waals surface area contributed by atoms with Gasteiger partial charge in [-0.2, -0.15) is 5.10 Å². The molecule has 4 aromatic rings. The number of hydrogen-bond donors (Lipinski definition) is 2. The molecule has 0 aliphatic carbocycles. The van der Waals surface area contributed by atoms with Gasteiger partial charge in [-0.25, -0.2) is 9.98 Å². The Labute approximate surface area is 178 Å². The Morgan fingerprint density at radius 3 is 2.84 bits per heavy atom. The van der Waals surface area contributed by atoms with Crippen molar-refractivity contribution in [1.29, 1.82) is 0 Å². The van der Waals surface area contributed by atoms with E-state index in [0.717, 1.165) is 45.8 Å². The van der Waals surface area contributed by atoms with Gasteiger partial charge < -0.3 is 15.2 Å². The number of hydrogen-bond acceptors (Lipinski definition) is 7. The third-order valence-corrected chi connectivity index (χ3v) is 5.50. The molecular formula is C22H21N7O2. The SMILES string of the molecule is Cn1cc(C2N=C(N)Nc3nc4ccccc4n32)c(-c2ccc3c(c2)OCCCO3)n1. The van der Waals surface area contributed by atoms with Crippen LogP contribution in [-0.4, -0.2) is 38.5 Å². The number of aliphatic imine (C=N–C) groups is 1. The number of rotatable bonds is 2. The van der Waals surface area contributed by atoms with Gasteiger partial charge in [0.2, 0.25) is 5.95 Å². The lowest BCUT2D eigenvalue weighted by Gasteiger charge is -2.23. The van der Waals surface area contributed by atoms with Gasteiger partial charge in [-0.3, -0.25) is 14.6 Å². The first kappa shape index (κ1) is 17.8. The number of fused-ring (bicyclic) bond motifs is 4. The number of ether oxygens (including phenoxy) is 2. The van der Waals surface area contributed by atoms with Gasteiger partial charge in [0.1, 0.15) is 0 Å². The molecule has 0 saturated heterocycles. The van der Waals surface area contributed by atoms with Crippen LogP contribution < -0.4 is 20.5 Å². The molecule has 0 spiro atoms. The smallest absolute Gasteiger partial charge is 0.212 e. The maximum atomic E-state index is 6.13. The Kier molecular flexibility index (Phi) is 3.89. The minimum absolute atomic E-state index is 0.321. The molecule has 0 radical (unpaired) electrons. The van der Waals surface area contributed by atoms with Crippen LogP contribution in [0.25, 0.3) is 22.3 Å². The molecule has 9 nitrogen and oxygen atoms in total. The molecule has 6 rings (SSSR count). The van der Waals surface area contributed by atoms with E-state index >= 15 is 0 Å². The summed E-state index contributed by atoms with van der Waals surface area (Å²) in [5, 5.41) is 7.83. The number of aryl methyl sites for hydroxylation is 1. The molecule has 0 saturated carbocycles. The van der Waals surface area contributed by atoms with Crippen molar-refractivity contribution in [3.05, 3.63) is 54.2 Å². The third kappa shape index (κ3) is 2.89. The number of nitrogens with one attached hydrogen (secondary N) is 1. The lowest BCUT2D eigenvalue weighted by atomic mass is 10.1. The highest BCUT2D eigenvalue weighted by Gasteiger charge is 2.29. The summed E-state index contributed by atoms with van der Waals surface area (Å²) in [6.07, 6.45) is 2.44. The molecular weight excluding hydrogens is 394 g/mol. The zero-order chi connectivity index (χ0) is 20.9. The number of guanidine groups is 1. The Hall–Kier alpha value is -4.01. The quantitative estimate of drug-likeness (QED) is 0.522. The predicted octanol–water partition coefficient (Wildman–Crippen LogP) is 2.89. The first-order valence-corrected chi connectivity index (χ1v) is 10.2. The number of benzene rings is 2. The summed E-state index contributed by atoms with van der Waals surface area (Å²) < 4.78 is 15.5. The van der Waals surface area contributed by atoms with Gasteiger partial charge in [0.25, 0.3) is 0 Å². The molecule has 2 aromatic carbocycles. The molecule has 0 fully saturated rings. The van der Waals surface area contributed by atoms with Crippen LogP contribution in [-0.2, 0) is 7.05 Å². The summed E-state index contributed by atoms with van der Waals surface area (Å²) >= 11 is 0. The van der Waals surface area contributed by atoms with Crippen molar-refractivity contribution in [2.24, 2.45) is 17.8 Å². The molecule has 31 heavy (non-hydrogen) atoms. The topological polar surface area (TPSA) is 105 Å².